The Morgan fingerprint density at radius 1 is 0.949 bits per heavy atom. The number of rotatable bonds is 20. The highest BCUT2D eigenvalue weighted by Gasteiger charge is 2.51. The van der Waals surface area contributed by atoms with E-state index in [-0.39, 0.29) is 82.4 Å². The highest BCUT2D eigenvalue weighted by molar-refractivity contribution is 6.13. The summed E-state index contributed by atoms with van der Waals surface area (Å²) in [5.41, 5.74) is 10.8. The summed E-state index contributed by atoms with van der Waals surface area (Å²) >= 11 is 0. The minimum atomic E-state index is -0.718. The van der Waals surface area contributed by atoms with Crippen molar-refractivity contribution in [2.45, 2.75) is 77.2 Å². The van der Waals surface area contributed by atoms with Crippen LogP contribution in [-0.2, 0) is 56.6 Å². The van der Waals surface area contributed by atoms with E-state index < -0.39 is 17.2 Å². The summed E-state index contributed by atoms with van der Waals surface area (Å²) in [5, 5.41) is 5.76. The van der Waals surface area contributed by atoms with Crippen molar-refractivity contribution >= 4 is 58.7 Å². The molecule has 16 nitrogen and oxygen atoms in total. The van der Waals surface area contributed by atoms with Crippen molar-refractivity contribution in [3.63, 3.8) is 0 Å². The maximum absolute atomic E-state index is 13.8. The van der Waals surface area contributed by atoms with Gasteiger partial charge in [-0.1, -0.05) is 26.0 Å². The van der Waals surface area contributed by atoms with Crippen molar-refractivity contribution in [3.8, 4) is 0 Å². The van der Waals surface area contributed by atoms with Crippen LogP contribution in [0, 0.1) is 0 Å². The zero-order valence-corrected chi connectivity index (χ0v) is 33.9. The number of nitrogens with two attached hydrogens (primary N) is 1. The molecule has 6 amide bonds. The number of carbonyl (C=O) groups excluding carboxylic acids is 6. The van der Waals surface area contributed by atoms with E-state index in [1.165, 1.54) is 12.2 Å². The lowest BCUT2D eigenvalue weighted by molar-refractivity contribution is -0.137. The number of amides is 6. The van der Waals surface area contributed by atoms with Gasteiger partial charge in [0.2, 0.25) is 23.6 Å². The Bertz CT molecular complexity index is 2020. The van der Waals surface area contributed by atoms with Crippen LogP contribution in [0.5, 0.6) is 0 Å². The molecule has 3 aliphatic heterocycles. The molecule has 1 fully saturated rings. The lowest BCUT2D eigenvalue weighted by Crippen LogP contribution is -2.37. The molecule has 1 aliphatic carbocycles. The number of aliphatic imine (C=N–C) groups is 1. The third-order valence-corrected chi connectivity index (χ3v) is 10.8. The summed E-state index contributed by atoms with van der Waals surface area (Å²) in [5.74, 6) is -0.974. The molecule has 6 rings (SSSR count). The number of imide groups is 1. The van der Waals surface area contributed by atoms with Gasteiger partial charge in [-0.3, -0.25) is 38.7 Å². The molecule has 0 unspecified atom stereocenters. The fourth-order valence-corrected chi connectivity index (χ4v) is 7.47. The number of amidine groups is 1. The predicted molar refractivity (Wildman–Crippen MR) is 220 cm³/mol. The second-order valence-electron chi connectivity index (χ2n) is 15.2. The highest BCUT2D eigenvalue weighted by Crippen LogP contribution is 2.50. The molecule has 2 aromatic rings. The van der Waals surface area contributed by atoms with E-state index in [2.05, 4.69) is 34.5 Å². The van der Waals surface area contributed by atoms with Crippen LogP contribution in [0.25, 0.3) is 6.08 Å². The number of carbonyl (C=O) groups is 6. The van der Waals surface area contributed by atoms with Crippen molar-refractivity contribution in [1.29, 1.82) is 0 Å². The van der Waals surface area contributed by atoms with E-state index in [1.54, 1.807) is 11.1 Å². The number of hydrogen-bond donors (Lipinski definition) is 3. The molecular formula is C43H54N8O8. The Kier molecular flexibility index (Phi) is 14.4. The number of aromatic nitrogens is 1. The van der Waals surface area contributed by atoms with Gasteiger partial charge in [0.15, 0.2) is 0 Å². The van der Waals surface area contributed by atoms with Gasteiger partial charge in [-0.05, 0) is 55.0 Å². The Morgan fingerprint density at radius 2 is 1.68 bits per heavy atom. The number of anilines is 1. The van der Waals surface area contributed by atoms with Crippen LogP contribution in [0.3, 0.4) is 0 Å². The monoisotopic (exact) mass is 810 g/mol. The Balaban J connectivity index is 0.935. The molecule has 59 heavy (non-hydrogen) atoms. The minimum absolute atomic E-state index is 0.0150. The number of fused-ring (bicyclic) bond motifs is 2. The average molecular weight is 811 g/mol. The van der Waals surface area contributed by atoms with E-state index in [1.807, 2.05) is 35.2 Å². The molecule has 1 saturated carbocycles. The first kappa shape index (κ1) is 42.9. The lowest BCUT2D eigenvalue weighted by atomic mass is 9.92. The Hall–Kier alpha value is -5.74. The number of nitrogens with one attached hydrogen (secondary N) is 2. The zero-order valence-electron chi connectivity index (χ0n) is 33.9. The molecule has 0 radical (unpaired) electrons. The lowest BCUT2D eigenvalue weighted by Gasteiger charge is -2.29. The van der Waals surface area contributed by atoms with Crippen LogP contribution in [-0.4, -0.2) is 120 Å². The fourth-order valence-electron chi connectivity index (χ4n) is 7.47. The maximum atomic E-state index is 13.8. The summed E-state index contributed by atoms with van der Waals surface area (Å²) in [4.78, 5) is 89.4. The van der Waals surface area contributed by atoms with Crippen molar-refractivity contribution in [1.82, 2.24) is 25.0 Å². The second kappa shape index (κ2) is 19.8. The van der Waals surface area contributed by atoms with E-state index in [9.17, 15) is 28.8 Å². The van der Waals surface area contributed by atoms with E-state index in [4.69, 9.17) is 15.2 Å². The molecular weight excluding hydrogens is 757 g/mol. The number of pyridine rings is 1. The third kappa shape index (κ3) is 10.9. The molecule has 0 atom stereocenters. The van der Waals surface area contributed by atoms with Crippen LogP contribution in [0.1, 0.15) is 81.2 Å². The van der Waals surface area contributed by atoms with Crippen molar-refractivity contribution in [2.75, 3.05) is 64.5 Å². The number of hydrogen-bond acceptors (Lipinski definition) is 11. The molecule has 4 heterocycles. The Morgan fingerprint density at radius 3 is 2.39 bits per heavy atom. The SMILES string of the molecule is CCCN(CCC)C(=O)C1=Cc2ccc(C3(C(=O)Nc4cnc5c(c4)CN(C(=O)CCOCCOCCNC(=O)CCN4C(=O)C=CC4=O)CC5)CC3)cc2N=C(N)C1. The zero-order chi connectivity index (χ0) is 41.9. The molecule has 1 aromatic heterocycles. The van der Waals surface area contributed by atoms with Crippen LogP contribution in [0.15, 0.2) is 53.2 Å². The summed E-state index contributed by atoms with van der Waals surface area (Å²) < 4.78 is 11.1. The molecule has 0 spiro atoms. The number of benzene rings is 1. The summed E-state index contributed by atoms with van der Waals surface area (Å²) in [6.07, 6.45) is 10.1. The van der Waals surface area contributed by atoms with Crippen molar-refractivity contribution in [2.24, 2.45) is 10.7 Å². The first-order valence-electron chi connectivity index (χ1n) is 20.5. The number of ether oxygens (including phenoxy) is 2. The van der Waals surface area contributed by atoms with Crippen LogP contribution >= 0.6 is 0 Å². The molecule has 0 saturated heterocycles. The van der Waals surface area contributed by atoms with Gasteiger partial charge >= 0.3 is 0 Å². The van der Waals surface area contributed by atoms with Gasteiger partial charge in [0.25, 0.3) is 11.8 Å². The quantitative estimate of drug-likeness (QED) is 0.132. The molecule has 1 aromatic carbocycles. The van der Waals surface area contributed by atoms with Crippen LogP contribution in [0.4, 0.5) is 11.4 Å². The largest absolute Gasteiger partial charge is 0.387 e. The highest BCUT2D eigenvalue weighted by atomic mass is 16.5. The van der Waals surface area contributed by atoms with Crippen LogP contribution < -0.4 is 16.4 Å². The van der Waals surface area contributed by atoms with Gasteiger partial charge in [0.05, 0.1) is 55.8 Å². The molecule has 16 heteroatoms. The summed E-state index contributed by atoms with van der Waals surface area (Å²) in [7, 11) is 0. The van der Waals surface area contributed by atoms with Gasteiger partial charge in [-0.25, -0.2) is 4.99 Å². The molecule has 0 bridgehead atoms. The van der Waals surface area contributed by atoms with E-state index >= 15 is 0 Å². The first-order valence-corrected chi connectivity index (χ1v) is 20.5. The first-order chi connectivity index (χ1) is 28.5. The fraction of sp³-hybridized carbons (Fsp3) is 0.488. The van der Waals surface area contributed by atoms with Gasteiger partial charge in [0, 0.05) is 87.5 Å². The topological polar surface area (TPSA) is 206 Å². The standard InChI is InChI=1S/C43H54N8O8/c1-3-15-49(16-4-2)41(56)30-23-29-5-6-32(26-35(29)48-36(44)25-30)43(12-13-43)42(57)47-33-24-31-28-50(17-9-34(31)46-27-33)38(53)11-19-58-21-22-59-20-14-45-37(52)10-18-51-39(54)7-8-40(51)55/h5-8,23-24,26-27H,3-4,9-22,25,28H2,1-2H3,(H2,44,48)(H,45,52)(H,47,57). The average Bonchev–Trinajstić information content (AvgIpc) is 4.00. The number of nitrogens with zero attached hydrogens (tertiary/aromatic N) is 5. The third-order valence-electron chi connectivity index (χ3n) is 10.8. The minimum Gasteiger partial charge on any atom is -0.387 e. The second-order valence-corrected chi connectivity index (χ2v) is 15.2. The Labute approximate surface area is 344 Å². The summed E-state index contributed by atoms with van der Waals surface area (Å²) in [6.45, 7) is 7.76. The van der Waals surface area contributed by atoms with E-state index in [0.29, 0.717) is 68.2 Å². The molecule has 4 N–H and O–H groups in total. The molecule has 314 valence electrons. The maximum Gasteiger partial charge on any atom is 0.253 e. The van der Waals surface area contributed by atoms with E-state index in [0.717, 1.165) is 40.1 Å². The normalized spacial score (nSPS) is 16.4. The van der Waals surface area contributed by atoms with Gasteiger partial charge in [0.1, 0.15) is 5.84 Å². The summed E-state index contributed by atoms with van der Waals surface area (Å²) in [6, 6.07) is 7.67. The predicted octanol–water partition coefficient (Wildman–Crippen LogP) is 2.92. The van der Waals surface area contributed by atoms with Crippen molar-refractivity contribution in [3.05, 3.63) is 70.6 Å². The van der Waals surface area contributed by atoms with Crippen LogP contribution in [0.2, 0.25) is 0 Å². The van der Waals surface area contributed by atoms with Gasteiger partial charge < -0.3 is 35.6 Å². The molecule has 4 aliphatic rings. The van der Waals surface area contributed by atoms with Crippen molar-refractivity contribution < 1.29 is 38.2 Å². The van der Waals surface area contributed by atoms with Gasteiger partial charge in [-0.2, -0.15) is 0 Å². The van der Waals surface area contributed by atoms with Gasteiger partial charge in [-0.15, -0.1) is 0 Å². The smallest absolute Gasteiger partial charge is 0.253 e.